The molecule has 0 saturated carbocycles. The summed E-state index contributed by atoms with van der Waals surface area (Å²) in [6, 6.07) is 7.35. The Morgan fingerprint density at radius 3 is 2.80 bits per heavy atom. The van der Waals surface area contributed by atoms with Crippen molar-refractivity contribution in [2.24, 2.45) is 5.10 Å². The first-order valence-corrected chi connectivity index (χ1v) is 10.5. The van der Waals surface area contributed by atoms with Gasteiger partial charge in [-0.25, -0.2) is 4.98 Å². The number of benzene rings is 1. The molecule has 0 spiro atoms. The number of thiophene rings is 1. The van der Waals surface area contributed by atoms with Crippen molar-refractivity contribution in [1.82, 2.24) is 9.66 Å². The van der Waals surface area contributed by atoms with Crippen LogP contribution in [0.5, 0.6) is 0 Å². The molecular formula is C18H16ClN3OS2. The van der Waals surface area contributed by atoms with E-state index in [4.69, 9.17) is 16.6 Å². The summed E-state index contributed by atoms with van der Waals surface area (Å²) in [6.45, 7) is 0. The number of hydrogen-bond donors (Lipinski definition) is 0. The SMILES string of the molecule is CSc1nc2sc3c(c2c(=O)n1/N=C/c1ccc(Cl)cc1)CCCC3. The standard InChI is InChI=1S/C18H16ClN3OS2/c1-24-18-21-16-15(13-4-2-3-5-14(13)25-16)17(23)22(18)20-10-11-6-8-12(19)9-7-11/h6-10H,2-5H2,1H3/b20-10+. The van der Waals surface area contributed by atoms with E-state index in [9.17, 15) is 4.79 Å². The highest BCUT2D eigenvalue weighted by molar-refractivity contribution is 7.98. The number of halogens is 1. The van der Waals surface area contributed by atoms with E-state index in [1.165, 1.54) is 33.3 Å². The summed E-state index contributed by atoms with van der Waals surface area (Å²) in [5.74, 6) is 0. The number of fused-ring (bicyclic) bond motifs is 3. The van der Waals surface area contributed by atoms with Gasteiger partial charge >= 0.3 is 0 Å². The van der Waals surface area contributed by atoms with Crippen LogP contribution in [-0.4, -0.2) is 22.1 Å². The fourth-order valence-corrected chi connectivity index (χ4v) is 5.01. The van der Waals surface area contributed by atoms with Crippen molar-refractivity contribution < 1.29 is 0 Å². The topological polar surface area (TPSA) is 47.2 Å². The van der Waals surface area contributed by atoms with Crippen LogP contribution in [0.2, 0.25) is 5.02 Å². The van der Waals surface area contributed by atoms with Crippen molar-refractivity contribution in [3.63, 3.8) is 0 Å². The van der Waals surface area contributed by atoms with E-state index in [0.29, 0.717) is 10.2 Å². The number of nitrogens with zero attached hydrogens (tertiary/aromatic N) is 3. The minimum absolute atomic E-state index is 0.0704. The molecule has 0 fully saturated rings. The van der Waals surface area contributed by atoms with Gasteiger partial charge in [-0.1, -0.05) is 35.5 Å². The van der Waals surface area contributed by atoms with Gasteiger partial charge < -0.3 is 0 Å². The molecular weight excluding hydrogens is 374 g/mol. The van der Waals surface area contributed by atoms with Crippen molar-refractivity contribution in [1.29, 1.82) is 0 Å². The Kier molecular flexibility index (Phi) is 4.67. The fourth-order valence-electron chi connectivity index (χ4n) is 3.08. The molecule has 0 radical (unpaired) electrons. The quantitative estimate of drug-likeness (QED) is 0.374. The monoisotopic (exact) mass is 389 g/mol. The van der Waals surface area contributed by atoms with Gasteiger partial charge in [-0.3, -0.25) is 4.79 Å². The van der Waals surface area contributed by atoms with E-state index in [1.54, 1.807) is 29.7 Å². The molecule has 4 nitrogen and oxygen atoms in total. The molecule has 0 atom stereocenters. The van der Waals surface area contributed by atoms with Crippen LogP contribution in [0.1, 0.15) is 28.8 Å². The summed E-state index contributed by atoms with van der Waals surface area (Å²) in [5.41, 5.74) is 2.00. The largest absolute Gasteiger partial charge is 0.283 e. The number of rotatable bonds is 3. The van der Waals surface area contributed by atoms with Crippen molar-refractivity contribution in [2.45, 2.75) is 30.8 Å². The van der Waals surface area contributed by atoms with Crippen LogP contribution >= 0.6 is 34.7 Å². The highest BCUT2D eigenvalue weighted by atomic mass is 35.5. The maximum Gasteiger partial charge on any atom is 0.283 e. The molecule has 1 aliphatic rings. The van der Waals surface area contributed by atoms with Crippen molar-refractivity contribution in [3.05, 3.63) is 55.6 Å². The summed E-state index contributed by atoms with van der Waals surface area (Å²) in [4.78, 5) is 20.0. The zero-order valence-electron chi connectivity index (χ0n) is 13.7. The van der Waals surface area contributed by atoms with Crippen molar-refractivity contribution in [3.8, 4) is 0 Å². The zero-order chi connectivity index (χ0) is 17.4. The summed E-state index contributed by atoms with van der Waals surface area (Å²) in [6.07, 6.45) is 7.93. The molecule has 2 heterocycles. The second-order valence-corrected chi connectivity index (χ2v) is 8.20. The van der Waals surface area contributed by atoms with E-state index < -0.39 is 0 Å². The van der Waals surface area contributed by atoms with E-state index in [2.05, 4.69) is 5.10 Å². The fraction of sp³-hybridized carbons (Fsp3) is 0.278. The lowest BCUT2D eigenvalue weighted by Gasteiger charge is -2.10. The van der Waals surface area contributed by atoms with E-state index >= 15 is 0 Å². The molecule has 7 heteroatoms. The molecule has 4 rings (SSSR count). The Morgan fingerprint density at radius 1 is 1.28 bits per heavy atom. The lowest BCUT2D eigenvalue weighted by atomic mass is 9.97. The Morgan fingerprint density at radius 2 is 2.04 bits per heavy atom. The van der Waals surface area contributed by atoms with E-state index in [1.807, 2.05) is 18.4 Å². The Labute approximate surface area is 158 Å². The first-order chi connectivity index (χ1) is 12.2. The maximum absolute atomic E-state index is 13.1. The molecule has 0 N–H and O–H groups in total. The first-order valence-electron chi connectivity index (χ1n) is 8.08. The summed E-state index contributed by atoms with van der Waals surface area (Å²) >= 11 is 9.01. The van der Waals surface area contributed by atoms with E-state index in [-0.39, 0.29) is 5.56 Å². The van der Waals surface area contributed by atoms with Crippen LogP contribution in [0.4, 0.5) is 0 Å². The highest BCUT2D eigenvalue weighted by Crippen LogP contribution is 2.34. The Bertz CT molecular complexity index is 1020. The third kappa shape index (κ3) is 3.14. The maximum atomic E-state index is 13.1. The second kappa shape index (κ2) is 6.94. The van der Waals surface area contributed by atoms with Gasteiger partial charge in [-0.05, 0) is 55.2 Å². The average molecular weight is 390 g/mol. The third-order valence-corrected chi connectivity index (χ3v) is 6.38. The van der Waals surface area contributed by atoms with Crippen LogP contribution in [-0.2, 0) is 12.8 Å². The lowest BCUT2D eigenvalue weighted by Crippen LogP contribution is -2.20. The van der Waals surface area contributed by atoms with Crippen LogP contribution in [0.3, 0.4) is 0 Å². The van der Waals surface area contributed by atoms with Crippen molar-refractivity contribution in [2.75, 3.05) is 6.26 Å². The number of hydrogen-bond acceptors (Lipinski definition) is 5. The number of aromatic nitrogens is 2. The normalized spacial score (nSPS) is 14.3. The Hall–Kier alpha value is -1.63. The zero-order valence-corrected chi connectivity index (χ0v) is 16.0. The molecule has 0 saturated heterocycles. The molecule has 0 aliphatic heterocycles. The van der Waals surface area contributed by atoms with Crippen LogP contribution in [0.15, 0.2) is 39.3 Å². The van der Waals surface area contributed by atoms with Gasteiger partial charge in [0.05, 0.1) is 11.6 Å². The highest BCUT2D eigenvalue weighted by Gasteiger charge is 2.21. The van der Waals surface area contributed by atoms with Gasteiger partial charge in [-0.15, -0.1) is 11.3 Å². The molecule has 0 amide bonds. The van der Waals surface area contributed by atoms with E-state index in [0.717, 1.165) is 35.0 Å². The van der Waals surface area contributed by atoms with Gasteiger partial charge in [0.2, 0.25) is 0 Å². The molecule has 25 heavy (non-hydrogen) atoms. The van der Waals surface area contributed by atoms with Gasteiger partial charge in [0.1, 0.15) is 4.83 Å². The van der Waals surface area contributed by atoms with Crippen LogP contribution in [0.25, 0.3) is 10.2 Å². The minimum atomic E-state index is -0.0704. The Balaban J connectivity index is 1.86. The minimum Gasteiger partial charge on any atom is -0.267 e. The smallest absolute Gasteiger partial charge is 0.267 e. The molecule has 1 aliphatic carbocycles. The number of thioether (sulfide) groups is 1. The van der Waals surface area contributed by atoms with Gasteiger partial charge in [0.15, 0.2) is 5.16 Å². The molecule has 128 valence electrons. The predicted molar refractivity (Wildman–Crippen MR) is 107 cm³/mol. The average Bonchev–Trinajstić information content (AvgIpc) is 3.00. The third-order valence-electron chi connectivity index (χ3n) is 4.31. The summed E-state index contributed by atoms with van der Waals surface area (Å²) in [5, 5.41) is 6.45. The van der Waals surface area contributed by atoms with Gasteiger partial charge in [-0.2, -0.15) is 9.78 Å². The molecule has 0 unspecified atom stereocenters. The molecule has 1 aromatic carbocycles. The first kappa shape index (κ1) is 16.8. The summed E-state index contributed by atoms with van der Waals surface area (Å²) in [7, 11) is 0. The lowest BCUT2D eigenvalue weighted by molar-refractivity contribution is 0.691. The number of aryl methyl sites for hydroxylation is 2. The predicted octanol–water partition coefficient (Wildman–Crippen LogP) is 4.59. The molecule has 0 bridgehead atoms. The second-order valence-electron chi connectivity index (χ2n) is 5.90. The van der Waals surface area contributed by atoms with Crippen LogP contribution < -0.4 is 5.56 Å². The molecule has 3 aromatic rings. The van der Waals surface area contributed by atoms with Crippen LogP contribution in [0, 0.1) is 0 Å². The van der Waals surface area contributed by atoms with Crippen molar-refractivity contribution >= 4 is 51.1 Å². The van der Waals surface area contributed by atoms with Gasteiger partial charge in [0.25, 0.3) is 5.56 Å². The summed E-state index contributed by atoms with van der Waals surface area (Å²) < 4.78 is 1.42. The van der Waals surface area contributed by atoms with Gasteiger partial charge in [0, 0.05) is 9.90 Å². The molecule has 2 aromatic heterocycles.